The van der Waals surface area contributed by atoms with Crippen LogP contribution in [0.1, 0.15) is 36.9 Å². The number of allylic oxidation sites excluding steroid dienone is 2. The summed E-state index contributed by atoms with van der Waals surface area (Å²) in [4.78, 5) is 6.60. The number of aromatic nitrogens is 1. The summed E-state index contributed by atoms with van der Waals surface area (Å²) in [5, 5.41) is 1.28. The maximum atomic E-state index is 5.40. The number of methoxy groups -OCH3 is 1. The monoisotopic (exact) mass is 306 g/mol. The summed E-state index contributed by atoms with van der Waals surface area (Å²) >= 11 is 0. The fourth-order valence-electron chi connectivity index (χ4n) is 4.50. The van der Waals surface area contributed by atoms with Gasteiger partial charge in [0.05, 0.1) is 13.7 Å². The number of nitrogens with zero attached hydrogens (tertiary/aromatic N) is 1. The first-order valence-corrected chi connectivity index (χ1v) is 8.75. The van der Waals surface area contributed by atoms with Crippen LogP contribution in [0, 0.1) is 0 Å². The Morgan fingerprint density at radius 3 is 2.96 bits per heavy atom. The van der Waals surface area contributed by atoms with Crippen LogP contribution in [0.2, 0.25) is 0 Å². The molecule has 23 heavy (non-hydrogen) atoms. The highest BCUT2D eigenvalue weighted by Gasteiger charge is 2.30. The van der Waals surface area contributed by atoms with Crippen molar-refractivity contribution in [1.82, 2.24) is 4.98 Å². The van der Waals surface area contributed by atoms with E-state index in [2.05, 4.69) is 18.2 Å². The number of ether oxygens (including phenoxy) is 1. The highest BCUT2D eigenvalue weighted by Crippen LogP contribution is 2.34. The minimum Gasteiger partial charge on any atom is -0.652 e. The molecule has 0 radical (unpaired) electrons. The van der Waals surface area contributed by atoms with Crippen LogP contribution in [0.15, 0.2) is 35.4 Å². The number of fused-ring (bicyclic) bond motifs is 5. The van der Waals surface area contributed by atoms with Crippen molar-refractivity contribution in [3.63, 3.8) is 0 Å². The van der Waals surface area contributed by atoms with E-state index in [1.54, 1.807) is 23.2 Å². The molecule has 1 aromatic heterocycles. The van der Waals surface area contributed by atoms with Crippen molar-refractivity contribution in [3.05, 3.63) is 46.7 Å². The quantitative estimate of drug-likeness (QED) is 0.876. The van der Waals surface area contributed by atoms with Crippen LogP contribution in [0.5, 0.6) is 5.75 Å². The van der Waals surface area contributed by atoms with E-state index in [0.717, 1.165) is 17.7 Å². The Kier molecular flexibility index (Phi) is 2.92. The van der Waals surface area contributed by atoms with Gasteiger partial charge in [0.25, 0.3) is 0 Å². The maximum absolute atomic E-state index is 5.40. The first-order chi connectivity index (χ1) is 11.3. The molecule has 0 fully saturated rings. The predicted molar refractivity (Wildman–Crippen MR) is 91.7 cm³/mol. The Bertz CT molecular complexity index is 856. The number of hydrogen-bond acceptors (Lipinski definition) is 1. The molecule has 0 amide bonds. The standard InChI is InChI=1S/C20H21N2O/c1-23-15-6-7-18-17(11-15)16-8-9-22-12-14-5-3-2-4-13(14)10-19(22)20(16)21-18/h6-7,10-11H,2-5,8-9,12H2,1H3/q-1/p+1. The first-order valence-electron chi connectivity index (χ1n) is 8.75. The van der Waals surface area contributed by atoms with Crippen LogP contribution in [-0.4, -0.2) is 20.2 Å². The van der Waals surface area contributed by atoms with Crippen molar-refractivity contribution >= 4 is 16.6 Å². The van der Waals surface area contributed by atoms with E-state index in [-0.39, 0.29) is 0 Å². The summed E-state index contributed by atoms with van der Waals surface area (Å²) in [5.74, 6) is 0.928. The fraction of sp³-hybridized carbons (Fsp3) is 0.400. The maximum Gasteiger partial charge on any atom is 0.119 e. The van der Waals surface area contributed by atoms with Crippen LogP contribution in [0.3, 0.4) is 0 Å². The van der Waals surface area contributed by atoms with Crippen molar-refractivity contribution in [2.45, 2.75) is 32.1 Å². The lowest BCUT2D eigenvalue weighted by molar-refractivity contribution is -0.822. The summed E-state index contributed by atoms with van der Waals surface area (Å²) in [5.41, 5.74) is 8.52. The second-order valence-corrected chi connectivity index (χ2v) is 7.00. The van der Waals surface area contributed by atoms with Gasteiger partial charge in [0.2, 0.25) is 0 Å². The van der Waals surface area contributed by atoms with Crippen LogP contribution < -0.4 is 14.6 Å². The fourth-order valence-corrected chi connectivity index (χ4v) is 4.50. The molecule has 2 aromatic rings. The smallest absolute Gasteiger partial charge is 0.119 e. The molecule has 0 bridgehead atoms. The number of benzene rings is 1. The van der Waals surface area contributed by atoms with E-state index < -0.39 is 0 Å². The largest absolute Gasteiger partial charge is 0.652 e. The predicted octanol–water partition coefficient (Wildman–Crippen LogP) is 2.47. The molecule has 0 saturated carbocycles. The third-order valence-corrected chi connectivity index (χ3v) is 5.73. The molecule has 1 atom stereocenters. The van der Waals surface area contributed by atoms with Gasteiger partial charge in [-0.25, -0.2) is 0 Å². The second-order valence-electron chi connectivity index (χ2n) is 7.00. The van der Waals surface area contributed by atoms with Crippen molar-refractivity contribution in [2.75, 3.05) is 20.2 Å². The summed E-state index contributed by atoms with van der Waals surface area (Å²) in [7, 11) is 1.73. The molecule has 3 heterocycles. The molecule has 1 aliphatic carbocycles. The van der Waals surface area contributed by atoms with Crippen molar-refractivity contribution in [1.29, 1.82) is 0 Å². The normalized spacial score (nSPS) is 23.2. The Morgan fingerprint density at radius 1 is 1.13 bits per heavy atom. The van der Waals surface area contributed by atoms with Crippen molar-refractivity contribution < 1.29 is 9.64 Å². The molecule has 5 rings (SSSR count). The minimum absolute atomic E-state index is 0.928. The Labute approximate surface area is 136 Å². The number of rotatable bonds is 1. The molecule has 3 heteroatoms. The van der Waals surface area contributed by atoms with Gasteiger partial charge < -0.3 is 9.72 Å². The zero-order valence-electron chi connectivity index (χ0n) is 13.6. The van der Waals surface area contributed by atoms with Gasteiger partial charge in [0.15, 0.2) is 0 Å². The number of nitrogens with one attached hydrogen (secondary N) is 1. The molecule has 118 valence electrons. The van der Waals surface area contributed by atoms with Crippen molar-refractivity contribution in [2.24, 2.45) is 0 Å². The average Bonchev–Trinajstić information content (AvgIpc) is 2.98. The van der Waals surface area contributed by atoms with E-state index in [1.807, 2.05) is 6.07 Å². The van der Waals surface area contributed by atoms with E-state index in [9.17, 15) is 0 Å². The van der Waals surface area contributed by atoms with E-state index in [0.29, 0.717) is 0 Å². The molecular weight excluding hydrogens is 284 g/mol. The van der Waals surface area contributed by atoms with Gasteiger partial charge in [-0.05, 0) is 59.9 Å². The summed E-state index contributed by atoms with van der Waals surface area (Å²) in [6.45, 7) is 2.39. The van der Waals surface area contributed by atoms with Crippen molar-refractivity contribution in [3.8, 4) is 5.75 Å². The first kappa shape index (κ1) is 13.4. The Hall–Kier alpha value is -2.00. The van der Waals surface area contributed by atoms with Gasteiger partial charge in [0, 0.05) is 12.5 Å². The average molecular weight is 306 g/mol. The van der Waals surface area contributed by atoms with Crippen LogP contribution in [-0.2, 0) is 6.42 Å². The van der Waals surface area contributed by atoms with E-state index in [1.165, 1.54) is 61.1 Å². The van der Waals surface area contributed by atoms with Gasteiger partial charge in [-0.2, -0.15) is 0 Å². The number of hydrogen-bond donors (Lipinski definition) is 1. The zero-order valence-corrected chi connectivity index (χ0v) is 13.6. The van der Waals surface area contributed by atoms with Gasteiger partial charge in [-0.1, -0.05) is 11.8 Å². The molecule has 2 aliphatic heterocycles. The van der Waals surface area contributed by atoms with Gasteiger partial charge in [-0.15, -0.1) is 5.52 Å². The Balaban J connectivity index is 1.68. The lowest BCUT2D eigenvalue weighted by Gasteiger charge is -2.35. The molecule has 1 aromatic carbocycles. The van der Waals surface area contributed by atoms with E-state index >= 15 is 0 Å². The topological polar surface area (TPSA) is 27.8 Å². The van der Waals surface area contributed by atoms with Gasteiger partial charge in [-0.3, -0.25) is 4.90 Å². The molecule has 0 saturated heterocycles. The van der Waals surface area contributed by atoms with E-state index in [4.69, 9.17) is 9.72 Å². The summed E-state index contributed by atoms with van der Waals surface area (Å²) in [6, 6.07) is 6.27. The SMILES string of the molecule is COc1ccc2[n-]c3c(c2c1)CC[NH+]1CC2=C(C=C31)CCCC2. The lowest BCUT2D eigenvalue weighted by atomic mass is 9.86. The van der Waals surface area contributed by atoms with Gasteiger partial charge >= 0.3 is 0 Å². The molecule has 0 spiro atoms. The third kappa shape index (κ3) is 1.99. The second kappa shape index (κ2) is 5.00. The molecule has 3 nitrogen and oxygen atoms in total. The van der Waals surface area contributed by atoms with Crippen LogP contribution >= 0.6 is 0 Å². The highest BCUT2D eigenvalue weighted by atomic mass is 16.5. The zero-order chi connectivity index (χ0) is 15.4. The van der Waals surface area contributed by atoms with Crippen LogP contribution in [0.4, 0.5) is 0 Å². The molecule has 1 N–H and O–H groups in total. The minimum atomic E-state index is 0.928. The summed E-state index contributed by atoms with van der Waals surface area (Å²) < 4.78 is 5.40. The van der Waals surface area contributed by atoms with Crippen LogP contribution in [0.25, 0.3) is 16.6 Å². The molecule has 1 unspecified atom stereocenters. The third-order valence-electron chi connectivity index (χ3n) is 5.73. The summed E-state index contributed by atoms with van der Waals surface area (Å²) in [6.07, 6.45) is 8.87. The molecule has 3 aliphatic rings. The Morgan fingerprint density at radius 2 is 2.04 bits per heavy atom. The molecular formula is C20H22N2O. The highest BCUT2D eigenvalue weighted by molar-refractivity contribution is 5.90. The van der Waals surface area contributed by atoms with Gasteiger partial charge in [0.1, 0.15) is 18.0 Å². The number of quaternary nitrogens is 1. The lowest BCUT2D eigenvalue weighted by Crippen LogP contribution is -3.11.